The first kappa shape index (κ1) is 17.8. The maximum Gasteiger partial charge on any atom is 0.270 e. The van der Waals surface area contributed by atoms with Crippen molar-refractivity contribution in [2.24, 2.45) is 0 Å². The predicted molar refractivity (Wildman–Crippen MR) is 95.7 cm³/mol. The van der Waals surface area contributed by atoms with Crippen LogP contribution in [0.1, 0.15) is 15.9 Å². The van der Waals surface area contributed by atoms with Crippen LogP contribution in [-0.4, -0.2) is 43.0 Å². The molecule has 134 valence electrons. The zero-order valence-corrected chi connectivity index (χ0v) is 14.2. The monoisotopic (exact) mass is 354 g/mol. The van der Waals surface area contributed by atoms with Crippen molar-refractivity contribution >= 4 is 17.9 Å². The summed E-state index contributed by atoms with van der Waals surface area (Å²) in [7, 11) is 0. The minimum absolute atomic E-state index is 0.0332. The molecule has 0 radical (unpaired) electrons. The fourth-order valence-corrected chi connectivity index (χ4v) is 2.62. The number of carbonyl (C=O) groups excluding carboxylic acids is 2. The van der Waals surface area contributed by atoms with Gasteiger partial charge in [0.1, 0.15) is 11.5 Å². The third kappa shape index (κ3) is 4.34. The predicted octanol–water partition coefficient (Wildman–Crippen LogP) is 2.46. The fourth-order valence-electron chi connectivity index (χ4n) is 2.62. The molecule has 1 saturated heterocycles. The second-order valence-corrected chi connectivity index (χ2v) is 5.80. The van der Waals surface area contributed by atoms with Crippen LogP contribution in [0.2, 0.25) is 0 Å². The number of hydrogen-bond acceptors (Lipinski definition) is 3. The summed E-state index contributed by atoms with van der Waals surface area (Å²) >= 11 is 0. The van der Waals surface area contributed by atoms with Crippen molar-refractivity contribution in [3.05, 3.63) is 77.2 Å². The van der Waals surface area contributed by atoms with Gasteiger partial charge in [0.15, 0.2) is 0 Å². The van der Waals surface area contributed by atoms with Gasteiger partial charge in [-0.05, 0) is 24.3 Å². The van der Waals surface area contributed by atoms with Gasteiger partial charge in [-0.25, -0.2) is 4.39 Å². The molecule has 5 nitrogen and oxygen atoms in total. The molecule has 0 spiro atoms. The molecule has 1 heterocycles. The van der Waals surface area contributed by atoms with Gasteiger partial charge in [-0.3, -0.25) is 9.59 Å². The molecule has 0 bridgehead atoms. The molecule has 0 aliphatic carbocycles. The van der Waals surface area contributed by atoms with E-state index in [1.54, 1.807) is 53.4 Å². The number of halogens is 1. The molecule has 2 aromatic rings. The van der Waals surface area contributed by atoms with Gasteiger partial charge >= 0.3 is 0 Å². The van der Waals surface area contributed by atoms with Gasteiger partial charge in [-0.15, -0.1) is 0 Å². The average molecular weight is 354 g/mol. The maximum absolute atomic E-state index is 14.0. The van der Waals surface area contributed by atoms with E-state index in [9.17, 15) is 14.0 Å². The normalized spacial score (nSPS) is 14.8. The van der Waals surface area contributed by atoms with Crippen LogP contribution < -0.4 is 5.32 Å². The summed E-state index contributed by atoms with van der Waals surface area (Å²) < 4.78 is 19.3. The van der Waals surface area contributed by atoms with Crippen molar-refractivity contribution in [1.82, 2.24) is 10.2 Å². The van der Waals surface area contributed by atoms with E-state index in [0.29, 0.717) is 31.9 Å². The van der Waals surface area contributed by atoms with E-state index in [2.05, 4.69) is 5.32 Å². The van der Waals surface area contributed by atoms with E-state index in [1.807, 2.05) is 0 Å². The van der Waals surface area contributed by atoms with Crippen LogP contribution in [0.25, 0.3) is 6.08 Å². The van der Waals surface area contributed by atoms with E-state index in [0.717, 1.165) is 0 Å². The summed E-state index contributed by atoms with van der Waals surface area (Å²) in [6.07, 6.45) is 1.37. The Labute approximate surface area is 151 Å². The van der Waals surface area contributed by atoms with Crippen LogP contribution in [0.15, 0.2) is 60.3 Å². The molecule has 0 aromatic heterocycles. The molecular weight excluding hydrogens is 335 g/mol. The minimum Gasteiger partial charge on any atom is -0.378 e. The quantitative estimate of drug-likeness (QED) is 0.858. The van der Waals surface area contributed by atoms with Crippen LogP contribution in [0.4, 0.5) is 4.39 Å². The second kappa shape index (κ2) is 8.40. The molecule has 1 aliphatic heterocycles. The topological polar surface area (TPSA) is 58.6 Å². The number of morpholine rings is 1. The number of ether oxygens (including phenoxy) is 1. The van der Waals surface area contributed by atoms with Crippen LogP contribution in [-0.2, 0) is 9.53 Å². The summed E-state index contributed by atoms with van der Waals surface area (Å²) in [5, 5.41) is 2.63. The summed E-state index contributed by atoms with van der Waals surface area (Å²) in [6, 6.07) is 14.7. The van der Waals surface area contributed by atoms with Crippen LogP contribution >= 0.6 is 0 Å². The highest BCUT2D eigenvalue weighted by molar-refractivity contribution is 6.05. The van der Waals surface area contributed by atoms with Crippen LogP contribution in [0.3, 0.4) is 0 Å². The Morgan fingerprint density at radius 1 is 1.00 bits per heavy atom. The van der Waals surface area contributed by atoms with Gasteiger partial charge < -0.3 is 15.0 Å². The van der Waals surface area contributed by atoms with Gasteiger partial charge in [0.05, 0.1) is 13.2 Å². The van der Waals surface area contributed by atoms with E-state index >= 15 is 0 Å². The molecule has 3 rings (SSSR count). The van der Waals surface area contributed by atoms with Gasteiger partial charge in [-0.1, -0.05) is 36.4 Å². The number of carbonyl (C=O) groups is 2. The lowest BCUT2D eigenvalue weighted by molar-refractivity contribution is -0.131. The molecule has 1 N–H and O–H groups in total. The standard InChI is InChI=1S/C20H19FN2O3/c21-17-9-5-4-8-16(17)14-18(20(25)23-10-12-26-13-11-23)22-19(24)15-6-2-1-3-7-15/h1-9,14H,10-13H2,(H,22,24)/b18-14-. The molecular formula is C20H19FN2O3. The first-order chi connectivity index (χ1) is 12.6. The van der Waals surface area contributed by atoms with Crippen molar-refractivity contribution < 1.29 is 18.7 Å². The number of benzene rings is 2. The Kier molecular flexibility index (Phi) is 5.76. The highest BCUT2D eigenvalue weighted by Gasteiger charge is 2.23. The Morgan fingerprint density at radius 2 is 1.65 bits per heavy atom. The van der Waals surface area contributed by atoms with E-state index in [-0.39, 0.29) is 17.2 Å². The Balaban J connectivity index is 1.89. The largest absolute Gasteiger partial charge is 0.378 e. The van der Waals surface area contributed by atoms with E-state index < -0.39 is 11.7 Å². The average Bonchev–Trinajstić information content (AvgIpc) is 2.70. The highest BCUT2D eigenvalue weighted by atomic mass is 19.1. The van der Waals surface area contributed by atoms with Gasteiger partial charge in [0.25, 0.3) is 11.8 Å². The zero-order valence-electron chi connectivity index (χ0n) is 14.2. The summed E-state index contributed by atoms with van der Waals surface area (Å²) in [4.78, 5) is 26.9. The van der Waals surface area contributed by atoms with Crippen molar-refractivity contribution in [3.8, 4) is 0 Å². The molecule has 1 fully saturated rings. The second-order valence-electron chi connectivity index (χ2n) is 5.80. The number of amides is 2. The van der Waals surface area contributed by atoms with Gasteiger partial charge in [0, 0.05) is 24.2 Å². The smallest absolute Gasteiger partial charge is 0.270 e. The van der Waals surface area contributed by atoms with Crippen molar-refractivity contribution in [1.29, 1.82) is 0 Å². The fraction of sp³-hybridized carbons (Fsp3) is 0.200. The summed E-state index contributed by atoms with van der Waals surface area (Å²) in [5.41, 5.74) is 0.685. The Hall–Kier alpha value is -2.99. The maximum atomic E-state index is 14.0. The molecule has 26 heavy (non-hydrogen) atoms. The van der Waals surface area contributed by atoms with Crippen molar-refractivity contribution in [3.63, 3.8) is 0 Å². The van der Waals surface area contributed by atoms with Gasteiger partial charge in [0.2, 0.25) is 0 Å². The number of nitrogens with zero attached hydrogens (tertiary/aromatic N) is 1. The van der Waals surface area contributed by atoms with Gasteiger partial charge in [-0.2, -0.15) is 0 Å². The number of nitrogens with one attached hydrogen (secondary N) is 1. The lowest BCUT2D eigenvalue weighted by Gasteiger charge is -2.27. The molecule has 0 unspecified atom stereocenters. The van der Waals surface area contributed by atoms with Crippen LogP contribution in [0.5, 0.6) is 0 Å². The lowest BCUT2D eigenvalue weighted by Crippen LogP contribution is -2.44. The number of rotatable bonds is 4. The molecule has 0 atom stereocenters. The third-order valence-corrected chi connectivity index (χ3v) is 4.02. The lowest BCUT2D eigenvalue weighted by atomic mass is 10.1. The minimum atomic E-state index is -0.464. The first-order valence-corrected chi connectivity index (χ1v) is 8.35. The van der Waals surface area contributed by atoms with Crippen molar-refractivity contribution in [2.75, 3.05) is 26.3 Å². The third-order valence-electron chi connectivity index (χ3n) is 4.02. The molecule has 1 aliphatic rings. The van der Waals surface area contributed by atoms with Crippen LogP contribution in [0, 0.1) is 5.82 Å². The zero-order chi connectivity index (χ0) is 18.4. The van der Waals surface area contributed by atoms with E-state index in [1.165, 1.54) is 12.1 Å². The summed E-state index contributed by atoms with van der Waals surface area (Å²) in [5.74, 6) is -1.25. The highest BCUT2D eigenvalue weighted by Crippen LogP contribution is 2.13. The Bertz CT molecular complexity index is 815. The summed E-state index contributed by atoms with van der Waals surface area (Å²) in [6.45, 7) is 1.72. The SMILES string of the molecule is O=C(N/C(=C\c1ccccc1F)C(=O)N1CCOCC1)c1ccccc1. The first-order valence-electron chi connectivity index (χ1n) is 8.35. The molecule has 2 amide bonds. The van der Waals surface area contributed by atoms with E-state index in [4.69, 9.17) is 4.74 Å². The molecule has 0 saturated carbocycles. The molecule has 6 heteroatoms. The molecule has 2 aromatic carbocycles. The van der Waals surface area contributed by atoms with Crippen molar-refractivity contribution in [2.45, 2.75) is 0 Å². The number of hydrogen-bond donors (Lipinski definition) is 1. The Morgan fingerprint density at radius 3 is 2.35 bits per heavy atom.